The minimum atomic E-state index is 0.0706. The molecule has 0 aliphatic rings. The lowest BCUT2D eigenvalue weighted by Crippen LogP contribution is -2.13. The zero-order valence-electron chi connectivity index (χ0n) is 11.4. The van der Waals surface area contributed by atoms with Crippen molar-refractivity contribution in [2.75, 3.05) is 0 Å². The van der Waals surface area contributed by atoms with Gasteiger partial charge in [-0.15, -0.1) is 0 Å². The highest BCUT2D eigenvalue weighted by molar-refractivity contribution is 6.42. The van der Waals surface area contributed by atoms with Gasteiger partial charge in [-0.25, -0.2) is 0 Å². The number of hydrogen-bond donors (Lipinski definition) is 0. The van der Waals surface area contributed by atoms with E-state index in [2.05, 4.69) is 13.0 Å². The van der Waals surface area contributed by atoms with Crippen molar-refractivity contribution in [3.63, 3.8) is 0 Å². The van der Waals surface area contributed by atoms with E-state index in [0.29, 0.717) is 16.5 Å². The highest BCUT2D eigenvalue weighted by Crippen LogP contribution is 2.34. The molecular formula is C15H19Cl2NO. The summed E-state index contributed by atoms with van der Waals surface area (Å²) in [5.41, 5.74) is 0.976. The first-order chi connectivity index (χ1) is 9.10. The molecule has 0 heterocycles. The fraction of sp³-hybridized carbons (Fsp3) is 0.533. The summed E-state index contributed by atoms with van der Waals surface area (Å²) in [7, 11) is 0. The molecule has 0 aromatic heterocycles. The van der Waals surface area contributed by atoms with Crippen LogP contribution in [0.15, 0.2) is 12.1 Å². The summed E-state index contributed by atoms with van der Waals surface area (Å²) in [5, 5.41) is 9.68. The summed E-state index contributed by atoms with van der Waals surface area (Å²) in [6.45, 7) is 4.10. The molecule has 19 heavy (non-hydrogen) atoms. The molecule has 4 heteroatoms. The van der Waals surface area contributed by atoms with Crippen LogP contribution in [-0.4, -0.2) is 6.10 Å². The fourth-order valence-electron chi connectivity index (χ4n) is 1.91. The standard InChI is InChI=1S/C15H19Cl2NO/c1-3-6-12-14(9-8-13(16)15(12)17)19-11(2)7-4-5-10-18/h8-9,11H,3-7H2,1-2H3. The molecule has 0 amide bonds. The number of unbranched alkanes of at least 4 members (excludes halogenated alkanes) is 1. The highest BCUT2D eigenvalue weighted by atomic mass is 35.5. The quantitative estimate of drug-likeness (QED) is 0.631. The summed E-state index contributed by atoms with van der Waals surface area (Å²) in [5.74, 6) is 0.806. The van der Waals surface area contributed by atoms with Crippen LogP contribution >= 0.6 is 23.2 Å². The molecule has 0 bridgehead atoms. The largest absolute Gasteiger partial charge is 0.490 e. The summed E-state index contributed by atoms with van der Waals surface area (Å²) in [6, 6.07) is 5.78. The second kappa shape index (κ2) is 8.30. The highest BCUT2D eigenvalue weighted by Gasteiger charge is 2.13. The average molecular weight is 300 g/mol. The third kappa shape index (κ3) is 4.93. The van der Waals surface area contributed by atoms with Crippen LogP contribution in [0.25, 0.3) is 0 Å². The van der Waals surface area contributed by atoms with Crippen molar-refractivity contribution in [1.29, 1.82) is 5.26 Å². The normalized spacial score (nSPS) is 11.9. The fourth-order valence-corrected chi connectivity index (χ4v) is 2.34. The summed E-state index contributed by atoms with van der Waals surface area (Å²) >= 11 is 12.3. The lowest BCUT2D eigenvalue weighted by Gasteiger charge is -2.18. The van der Waals surface area contributed by atoms with Gasteiger partial charge in [-0.1, -0.05) is 36.5 Å². The van der Waals surface area contributed by atoms with Crippen LogP contribution in [-0.2, 0) is 6.42 Å². The van der Waals surface area contributed by atoms with Crippen LogP contribution < -0.4 is 4.74 Å². The first kappa shape index (κ1) is 16.1. The maximum Gasteiger partial charge on any atom is 0.124 e. The predicted octanol–water partition coefficient (Wildman–Crippen LogP) is 5.41. The van der Waals surface area contributed by atoms with E-state index in [1.165, 1.54) is 0 Å². The van der Waals surface area contributed by atoms with E-state index < -0.39 is 0 Å². The molecule has 1 unspecified atom stereocenters. The Hall–Kier alpha value is -0.910. The molecule has 0 N–H and O–H groups in total. The number of rotatable bonds is 7. The molecule has 0 radical (unpaired) electrons. The van der Waals surface area contributed by atoms with Gasteiger partial charge in [-0.2, -0.15) is 5.26 Å². The zero-order chi connectivity index (χ0) is 14.3. The molecule has 0 fully saturated rings. The Balaban J connectivity index is 2.77. The number of nitrogens with zero attached hydrogens (tertiary/aromatic N) is 1. The molecule has 1 rings (SSSR count). The Morgan fingerprint density at radius 2 is 2.11 bits per heavy atom. The molecule has 1 aromatic rings. The van der Waals surface area contributed by atoms with Crippen molar-refractivity contribution in [3.05, 3.63) is 27.7 Å². The number of ether oxygens (including phenoxy) is 1. The van der Waals surface area contributed by atoms with E-state index in [1.807, 2.05) is 13.0 Å². The molecular weight excluding hydrogens is 281 g/mol. The van der Waals surface area contributed by atoms with Gasteiger partial charge in [0.05, 0.1) is 22.2 Å². The Bertz CT molecular complexity index is 454. The van der Waals surface area contributed by atoms with Crippen LogP contribution in [0, 0.1) is 11.3 Å². The molecule has 2 nitrogen and oxygen atoms in total. The van der Waals surface area contributed by atoms with E-state index in [9.17, 15) is 0 Å². The summed E-state index contributed by atoms with van der Waals surface area (Å²) < 4.78 is 5.93. The van der Waals surface area contributed by atoms with Gasteiger partial charge in [-0.05, 0) is 38.3 Å². The summed E-state index contributed by atoms with van der Waals surface area (Å²) in [4.78, 5) is 0. The lowest BCUT2D eigenvalue weighted by molar-refractivity contribution is 0.206. The number of halogens is 2. The Labute approximate surface area is 125 Å². The topological polar surface area (TPSA) is 33.0 Å². The minimum absolute atomic E-state index is 0.0706. The van der Waals surface area contributed by atoms with Crippen LogP contribution in [0.2, 0.25) is 10.0 Å². The Morgan fingerprint density at radius 1 is 1.37 bits per heavy atom. The van der Waals surface area contributed by atoms with Gasteiger partial charge < -0.3 is 4.74 Å². The maximum atomic E-state index is 8.53. The van der Waals surface area contributed by atoms with Gasteiger partial charge in [0.1, 0.15) is 5.75 Å². The number of hydrogen-bond acceptors (Lipinski definition) is 2. The first-order valence-corrected chi connectivity index (χ1v) is 7.36. The third-order valence-corrected chi connectivity index (χ3v) is 3.72. The van der Waals surface area contributed by atoms with Crippen LogP contribution in [0.3, 0.4) is 0 Å². The molecule has 104 valence electrons. The molecule has 1 atom stereocenters. The van der Waals surface area contributed by atoms with Crippen molar-refractivity contribution >= 4 is 23.2 Å². The van der Waals surface area contributed by atoms with Crippen molar-refractivity contribution in [3.8, 4) is 11.8 Å². The minimum Gasteiger partial charge on any atom is -0.490 e. The molecule has 0 saturated carbocycles. The van der Waals surface area contributed by atoms with Gasteiger partial charge in [0, 0.05) is 12.0 Å². The van der Waals surface area contributed by atoms with Crippen molar-refractivity contribution < 1.29 is 4.74 Å². The molecule has 0 saturated heterocycles. The Morgan fingerprint density at radius 3 is 2.74 bits per heavy atom. The van der Waals surface area contributed by atoms with E-state index in [4.69, 9.17) is 33.2 Å². The first-order valence-electron chi connectivity index (χ1n) is 6.60. The number of benzene rings is 1. The zero-order valence-corrected chi connectivity index (χ0v) is 12.9. The van der Waals surface area contributed by atoms with Gasteiger partial charge in [0.25, 0.3) is 0 Å². The van der Waals surface area contributed by atoms with Crippen molar-refractivity contribution in [2.24, 2.45) is 0 Å². The van der Waals surface area contributed by atoms with Crippen LogP contribution in [0.5, 0.6) is 5.75 Å². The maximum absolute atomic E-state index is 8.53. The van der Waals surface area contributed by atoms with Crippen molar-refractivity contribution in [2.45, 2.75) is 52.1 Å². The van der Waals surface area contributed by atoms with Gasteiger partial charge in [0.2, 0.25) is 0 Å². The molecule has 1 aromatic carbocycles. The predicted molar refractivity (Wildman–Crippen MR) is 80.0 cm³/mol. The van der Waals surface area contributed by atoms with Gasteiger partial charge in [0.15, 0.2) is 0 Å². The number of nitriles is 1. The van der Waals surface area contributed by atoms with E-state index in [0.717, 1.165) is 37.0 Å². The molecule has 0 spiro atoms. The third-order valence-electron chi connectivity index (χ3n) is 2.88. The average Bonchev–Trinajstić information content (AvgIpc) is 2.38. The monoisotopic (exact) mass is 299 g/mol. The van der Waals surface area contributed by atoms with E-state index >= 15 is 0 Å². The molecule has 0 aliphatic heterocycles. The Kier molecular flexibility index (Phi) is 7.05. The van der Waals surface area contributed by atoms with Crippen LogP contribution in [0.4, 0.5) is 0 Å². The molecule has 0 aliphatic carbocycles. The van der Waals surface area contributed by atoms with E-state index in [1.54, 1.807) is 6.07 Å². The van der Waals surface area contributed by atoms with E-state index in [-0.39, 0.29) is 6.10 Å². The van der Waals surface area contributed by atoms with Gasteiger partial charge >= 0.3 is 0 Å². The second-order valence-corrected chi connectivity index (χ2v) is 5.35. The van der Waals surface area contributed by atoms with Gasteiger partial charge in [-0.3, -0.25) is 0 Å². The SMILES string of the molecule is CCCc1c(OC(C)CCCC#N)ccc(Cl)c1Cl. The lowest BCUT2D eigenvalue weighted by atomic mass is 10.1. The smallest absolute Gasteiger partial charge is 0.124 e. The summed E-state index contributed by atoms with van der Waals surface area (Å²) in [6.07, 6.45) is 4.18. The second-order valence-electron chi connectivity index (χ2n) is 4.57. The van der Waals surface area contributed by atoms with Crippen molar-refractivity contribution in [1.82, 2.24) is 0 Å². The van der Waals surface area contributed by atoms with Crippen LogP contribution in [0.1, 0.15) is 45.1 Å².